The van der Waals surface area contributed by atoms with Crippen LogP contribution in [0.25, 0.3) is 21.5 Å². The number of nitrogen functional groups attached to an aromatic ring is 1. The Kier molecular flexibility index (Phi) is 2.08. The summed E-state index contributed by atoms with van der Waals surface area (Å²) in [5.74, 6) is 0. The summed E-state index contributed by atoms with van der Waals surface area (Å²) in [6, 6.07) is 7.89. The van der Waals surface area contributed by atoms with Gasteiger partial charge in [0.1, 0.15) is 4.83 Å². The summed E-state index contributed by atoms with van der Waals surface area (Å²) in [7, 11) is 0. The van der Waals surface area contributed by atoms with Crippen molar-refractivity contribution in [2.45, 2.75) is 0 Å². The molecule has 0 unspecified atom stereocenters. The summed E-state index contributed by atoms with van der Waals surface area (Å²) in [4.78, 5) is 9.62. The lowest BCUT2D eigenvalue weighted by molar-refractivity contribution is 1.31. The van der Waals surface area contributed by atoms with Crippen molar-refractivity contribution in [1.29, 1.82) is 0 Å². The van der Waals surface area contributed by atoms with E-state index >= 15 is 0 Å². The van der Waals surface area contributed by atoms with Crippen LogP contribution in [0.3, 0.4) is 0 Å². The van der Waals surface area contributed by atoms with Gasteiger partial charge in [-0.15, -0.1) is 11.3 Å². The smallest absolute Gasteiger partial charge is 0.126 e. The molecule has 2 N–H and O–H groups in total. The summed E-state index contributed by atoms with van der Waals surface area (Å²) in [5.41, 5.74) is 8.58. The molecule has 0 aliphatic carbocycles. The zero-order chi connectivity index (χ0) is 11.0. The zero-order valence-electron chi connectivity index (χ0n) is 8.42. The number of nitrogens with zero attached hydrogens (tertiary/aromatic N) is 2. The molecule has 0 saturated heterocycles. The average molecular weight is 227 g/mol. The van der Waals surface area contributed by atoms with E-state index in [9.17, 15) is 0 Å². The van der Waals surface area contributed by atoms with Gasteiger partial charge in [0, 0.05) is 28.7 Å². The van der Waals surface area contributed by atoms with Gasteiger partial charge in [-0.25, -0.2) is 4.98 Å². The Morgan fingerprint density at radius 2 is 2.12 bits per heavy atom. The third kappa shape index (κ3) is 1.44. The first-order valence-electron chi connectivity index (χ1n) is 4.89. The van der Waals surface area contributed by atoms with Crippen LogP contribution < -0.4 is 5.73 Å². The molecule has 3 heterocycles. The lowest BCUT2D eigenvalue weighted by Gasteiger charge is -1.99. The fourth-order valence-electron chi connectivity index (χ4n) is 1.61. The number of hydrogen-bond donors (Lipinski definition) is 1. The molecule has 3 rings (SSSR count). The fraction of sp³-hybridized carbons (Fsp3) is 0. The molecule has 0 aliphatic heterocycles. The first-order valence-corrected chi connectivity index (χ1v) is 5.77. The summed E-state index contributed by atoms with van der Waals surface area (Å²) in [5, 5.41) is 2.95. The van der Waals surface area contributed by atoms with Crippen molar-refractivity contribution < 1.29 is 0 Å². The minimum atomic E-state index is 0.797. The molecular weight excluding hydrogens is 218 g/mol. The van der Waals surface area contributed by atoms with Gasteiger partial charge in [0.05, 0.1) is 11.4 Å². The van der Waals surface area contributed by atoms with Crippen molar-refractivity contribution in [3.8, 4) is 11.3 Å². The molecule has 0 radical (unpaired) electrons. The predicted octanol–water partition coefficient (Wildman–Crippen LogP) is 2.94. The van der Waals surface area contributed by atoms with Gasteiger partial charge in [0.25, 0.3) is 0 Å². The molecule has 0 atom stereocenters. The van der Waals surface area contributed by atoms with Crippen LogP contribution in [-0.2, 0) is 0 Å². The quantitative estimate of drug-likeness (QED) is 0.695. The maximum Gasteiger partial charge on any atom is 0.126 e. The summed E-state index contributed by atoms with van der Waals surface area (Å²) in [6.07, 6.45) is 3.57. The number of rotatable bonds is 1. The van der Waals surface area contributed by atoms with E-state index in [0.717, 1.165) is 27.2 Å². The van der Waals surface area contributed by atoms with Crippen molar-refractivity contribution in [3.05, 3.63) is 42.0 Å². The Labute approximate surface area is 96.6 Å². The van der Waals surface area contributed by atoms with E-state index in [1.54, 1.807) is 17.5 Å². The molecule has 16 heavy (non-hydrogen) atoms. The van der Waals surface area contributed by atoms with Crippen molar-refractivity contribution in [3.63, 3.8) is 0 Å². The second-order valence-corrected chi connectivity index (χ2v) is 4.34. The van der Waals surface area contributed by atoms with E-state index in [-0.39, 0.29) is 0 Å². The standard InChI is InChI=1S/C12H9N3S/c13-10-7-16-12-9(10)3-4-11(15-12)8-2-1-5-14-6-8/h1-7H,13H2. The van der Waals surface area contributed by atoms with E-state index in [1.807, 2.05) is 35.8 Å². The molecule has 0 bridgehead atoms. The number of hydrogen-bond acceptors (Lipinski definition) is 4. The Bertz CT molecular complexity index is 631. The van der Waals surface area contributed by atoms with E-state index in [1.165, 1.54) is 0 Å². The number of anilines is 1. The normalized spacial score (nSPS) is 10.8. The molecular formula is C12H9N3S. The molecule has 0 aromatic carbocycles. The lowest BCUT2D eigenvalue weighted by atomic mass is 10.2. The predicted molar refractivity (Wildman–Crippen MR) is 67.3 cm³/mol. The van der Waals surface area contributed by atoms with Crippen LogP contribution in [0.2, 0.25) is 0 Å². The Morgan fingerprint density at radius 1 is 1.19 bits per heavy atom. The summed E-state index contributed by atoms with van der Waals surface area (Å²) < 4.78 is 0. The topological polar surface area (TPSA) is 51.8 Å². The second-order valence-electron chi connectivity index (χ2n) is 3.48. The molecule has 0 saturated carbocycles. The third-order valence-electron chi connectivity index (χ3n) is 2.43. The summed E-state index contributed by atoms with van der Waals surface area (Å²) >= 11 is 1.57. The number of nitrogens with two attached hydrogens (primary N) is 1. The van der Waals surface area contributed by atoms with Gasteiger partial charge in [0.2, 0.25) is 0 Å². The van der Waals surface area contributed by atoms with Crippen LogP contribution in [0.15, 0.2) is 42.0 Å². The van der Waals surface area contributed by atoms with Gasteiger partial charge in [-0.1, -0.05) is 0 Å². The van der Waals surface area contributed by atoms with Crippen LogP contribution in [0.5, 0.6) is 0 Å². The first kappa shape index (κ1) is 9.30. The number of aromatic nitrogens is 2. The SMILES string of the molecule is Nc1csc2nc(-c3cccnc3)ccc12. The van der Waals surface area contributed by atoms with Gasteiger partial charge in [-0.05, 0) is 24.3 Å². The minimum Gasteiger partial charge on any atom is -0.398 e. The Balaban J connectivity index is 2.19. The van der Waals surface area contributed by atoms with Crippen LogP contribution in [0, 0.1) is 0 Å². The maximum atomic E-state index is 5.82. The molecule has 0 amide bonds. The fourth-order valence-corrected chi connectivity index (χ4v) is 2.44. The molecule has 3 nitrogen and oxygen atoms in total. The van der Waals surface area contributed by atoms with Crippen molar-refractivity contribution in [2.24, 2.45) is 0 Å². The summed E-state index contributed by atoms with van der Waals surface area (Å²) in [6.45, 7) is 0. The van der Waals surface area contributed by atoms with Crippen LogP contribution in [0.4, 0.5) is 5.69 Å². The van der Waals surface area contributed by atoms with Crippen LogP contribution in [-0.4, -0.2) is 9.97 Å². The van der Waals surface area contributed by atoms with E-state index in [2.05, 4.69) is 9.97 Å². The first-order chi connectivity index (χ1) is 7.84. The zero-order valence-corrected chi connectivity index (χ0v) is 9.24. The molecule has 4 heteroatoms. The van der Waals surface area contributed by atoms with Crippen molar-refractivity contribution in [1.82, 2.24) is 9.97 Å². The monoisotopic (exact) mass is 227 g/mol. The van der Waals surface area contributed by atoms with Gasteiger partial charge < -0.3 is 5.73 Å². The Morgan fingerprint density at radius 3 is 2.94 bits per heavy atom. The second kappa shape index (κ2) is 3.57. The molecule has 0 fully saturated rings. The molecule has 3 aromatic rings. The lowest BCUT2D eigenvalue weighted by Crippen LogP contribution is -1.85. The van der Waals surface area contributed by atoms with E-state index in [0.29, 0.717) is 0 Å². The highest BCUT2D eigenvalue weighted by atomic mass is 32.1. The number of thiophene rings is 1. The molecule has 0 spiro atoms. The van der Waals surface area contributed by atoms with Crippen molar-refractivity contribution >= 4 is 27.2 Å². The number of pyridine rings is 2. The van der Waals surface area contributed by atoms with Crippen LogP contribution >= 0.6 is 11.3 Å². The molecule has 78 valence electrons. The minimum absolute atomic E-state index is 0.797. The van der Waals surface area contributed by atoms with Crippen LogP contribution in [0.1, 0.15) is 0 Å². The highest BCUT2D eigenvalue weighted by Gasteiger charge is 2.04. The van der Waals surface area contributed by atoms with Gasteiger partial charge in [-0.3, -0.25) is 4.98 Å². The number of fused-ring (bicyclic) bond motifs is 1. The Hall–Kier alpha value is -1.94. The van der Waals surface area contributed by atoms with E-state index < -0.39 is 0 Å². The molecule has 0 aliphatic rings. The highest BCUT2D eigenvalue weighted by Crippen LogP contribution is 2.28. The third-order valence-corrected chi connectivity index (χ3v) is 3.33. The van der Waals surface area contributed by atoms with E-state index in [4.69, 9.17) is 5.73 Å². The highest BCUT2D eigenvalue weighted by molar-refractivity contribution is 7.17. The van der Waals surface area contributed by atoms with Gasteiger partial charge in [-0.2, -0.15) is 0 Å². The largest absolute Gasteiger partial charge is 0.398 e. The van der Waals surface area contributed by atoms with Gasteiger partial charge >= 0.3 is 0 Å². The van der Waals surface area contributed by atoms with Crippen molar-refractivity contribution in [2.75, 3.05) is 5.73 Å². The maximum absolute atomic E-state index is 5.82. The van der Waals surface area contributed by atoms with Gasteiger partial charge in [0.15, 0.2) is 0 Å². The molecule has 3 aromatic heterocycles. The average Bonchev–Trinajstić information content (AvgIpc) is 2.72.